The van der Waals surface area contributed by atoms with Gasteiger partial charge in [-0.1, -0.05) is 30.2 Å². The summed E-state index contributed by atoms with van der Waals surface area (Å²) in [5, 5.41) is 6.50. The molecule has 0 atom stereocenters. The van der Waals surface area contributed by atoms with Gasteiger partial charge in [0.25, 0.3) is 5.91 Å². The molecule has 1 saturated carbocycles. The van der Waals surface area contributed by atoms with Crippen molar-refractivity contribution < 1.29 is 9.53 Å². The van der Waals surface area contributed by atoms with E-state index in [1.807, 2.05) is 30.5 Å². The van der Waals surface area contributed by atoms with Crippen molar-refractivity contribution in [3.8, 4) is 5.88 Å². The maximum Gasteiger partial charge on any atom is 0.257 e. The molecule has 0 bridgehead atoms. The van der Waals surface area contributed by atoms with Gasteiger partial charge in [-0.3, -0.25) is 9.78 Å². The van der Waals surface area contributed by atoms with Crippen molar-refractivity contribution in [3.63, 3.8) is 0 Å². The molecule has 0 aliphatic heterocycles. The number of carbonyl (C=O) groups excluding carboxylic acids is 1. The molecule has 2 aromatic heterocycles. The molecule has 0 radical (unpaired) electrons. The fourth-order valence-corrected chi connectivity index (χ4v) is 4.62. The van der Waals surface area contributed by atoms with E-state index in [9.17, 15) is 4.79 Å². The van der Waals surface area contributed by atoms with E-state index in [1.54, 1.807) is 6.07 Å². The molecule has 5 rings (SSSR count). The van der Waals surface area contributed by atoms with Crippen LogP contribution in [0.15, 0.2) is 53.8 Å². The highest BCUT2D eigenvalue weighted by Gasteiger charge is 2.28. The number of amides is 1. The Morgan fingerprint density at radius 3 is 2.94 bits per heavy atom. The molecule has 0 spiro atoms. The number of rotatable bonds is 8. The molecule has 166 valence electrons. The van der Waals surface area contributed by atoms with Crippen molar-refractivity contribution in [3.05, 3.63) is 65.0 Å². The first-order chi connectivity index (χ1) is 15.8. The Bertz CT molecular complexity index is 1060. The monoisotopic (exact) mass is 430 g/mol. The highest BCUT2D eigenvalue weighted by Crippen LogP contribution is 2.40. The highest BCUT2D eigenvalue weighted by atomic mass is 16.5. The summed E-state index contributed by atoms with van der Waals surface area (Å²) in [6.07, 6.45) is 12.6. The molecule has 1 fully saturated rings. The molecule has 6 nitrogen and oxygen atoms in total. The minimum absolute atomic E-state index is 0.136. The first-order valence-electron chi connectivity index (χ1n) is 11.8. The summed E-state index contributed by atoms with van der Waals surface area (Å²) < 4.78 is 5.80. The van der Waals surface area contributed by atoms with Crippen LogP contribution in [0, 0.1) is 0 Å². The molecule has 0 unspecified atom stereocenters. The zero-order chi connectivity index (χ0) is 21.8. The Kier molecular flexibility index (Phi) is 6.30. The molecular formula is C26H30N4O2. The van der Waals surface area contributed by atoms with Crippen LogP contribution >= 0.6 is 0 Å². The topological polar surface area (TPSA) is 76.1 Å². The molecule has 0 saturated heterocycles. The van der Waals surface area contributed by atoms with Crippen molar-refractivity contribution in [1.29, 1.82) is 0 Å². The van der Waals surface area contributed by atoms with Gasteiger partial charge in [0.1, 0.15) is 5.82 Å². The quantitative estimate of drug-likeness (QED) is 0.605. The Morgan fingerprint density at radius 1 is 1.12 bits per heavy atom. The van der Waals surface area contributed by atoms with Crippen LogP contribution in [-0.4, -0.2) is 35.1 Å². The van der Waals surface area contributed by atoms with E-state index >= 15 is 0 Å². The van der Waals surface area contributed by atoms with Crippen LogP contribution in [0.5, 0.6) is 5.88 Å². The van der Waals surface area contributed by atoms with E-state index in [4.69, 9.17) is 4.74 Å². The van der Waals surface area contributed by atoms with Gasteiger partial charge in [-0.05, 0) is 69.2 Å². The van der Waals surface area contributed by atoms with E-state index in [0.29, 0.717) is 29.9 Å². The SMILES string of the molecule is O=C(Nc1cccc(OCCCNC2CCC2)n1)C1=CCC2=C1c1ncccc1CCC2. The van der Waals surface area contributed by atoms with Crippen molar-refractivity contribution >= 4 is 17.3 Å². The van der Waals surface area contributed by atoms with E-state index in [2.05, 4.69) is 26.7 Å². The van der Waals surface area contributed by atoms with Gasteiger partial charge in [-0.2, -0.15) is 4.98 Å². The third-order valence-corrected chi connectivity index (χ3v) is 6.55. The molecule has 2 aromatic rings. The maximum atomic E-state index is 13.2. The zero-order valence-electron chi connectivity index (χ0n) is 18.4. The second-order valence-corrected chi connectivity index (χ2v) is 8.76. The molecule has 0 aromatic carbocycles. The van der Waals surface area contributed by atoms with E-state index in [0.717, 1.165) is 49.9 Å². The molecule has 1 amide bonds. The first kappa shape index (κ1) is 20.9. The van der Waals surface area contributed by atoms with Crippen LogP contribution in [0.1, 0.15) is 56.2 Å². The maximum absolute atomic E-state index is 13.2. The average molecular weight is 431 g/mol. The number of pyridine rings is 2. The van der Waals surface area contributed by atoms with Crippen LogP contribution in [0.2, 0.25) is 0 Å². The number of nitrogens with one attached hydrogen (secondary N) is 2. The number of anilines is 1. The van der Waals surface area contributed by atoms with Gasteiger partial charge >= 0.3 is 0 Å². The van der Waals surface area contributed by atoms with Gasteiger partial charge < -0.3 is 15.4 Å². The number of allylic oxidation sites excluding steroid dienone is 2. The molecule has 6 heteroatoms. The summed E-state index contributed by atoms with van der Waals surface area (Å²) in [7, 11) is 0. The number of fused-ring (bicyclic) bond motifs is 2. The Hall–Kier alpha value is -2.99. The lowest BCUT2D eigenvalue weighted by atomic mass is 9.93. The van der Waals surface area contributed by atoms with Crippen LogP contribution in [0.4, 0.5) is 5.82 Å². The predicted octanol–water partition coefficient (Wildman–Crippen LogP) is 4.45. The van der Waals surface area contributed by atoms with Gasteiger partial charge in [-0.15, -0.1) is 0 Å². The summed E-state index contributed by atoms with van der Waals surface area (Å²) in [6.45, 7) is 1.57. The largest absolute Gasteiger partial charge is 0.478 e. The lowest BCUT2D eigenvalue weighted by molar-refractivity contribution is -0.112. The Morgan fingerprint density at radius 2 is 2.06 bits per heavy atom. The third kappa shape index (κ3) is 4.60. The minimum Gasteiger partial charge on any atom is -0.478 e. The Labute approximate surface area is 189 Å². The van der Waals surface area contributed by atoms with Crippen molar-refractivity contribution in [1.82, 2.24) is 15.3 Å². The van der Waals surface area contributed by atoms with Gasteiger partial charge in [0, 0.05) is 29.5 Å². The lowest BCUT2D eigenvalue weighted by Crippen LogP contribution is -2.36. The van der Waals surface area contributed by atoms with E-state index in [1.165, 1.54) is 30.4 Å². The second-order valence-electron chi connectivity index (χ2n) is 8.76. The van der Waals surface area contributed by atoms with Crippen molar-refractivity contribution in [2.75, 3.05) is 18.5 Å². The molecule has 2 heterocycles. The smallest absolute Gasteiger partial charge is 0.257 e. The van der Waals surface area contributed by atoms with Gasteiger partial charge in [0.05, 0.1) is 12.3 Å². The average Bonchev–Trinajstić information content (AvgIpc) is 3.11. The zero-order valence-corrected chi connectivity index (χ0v) is 18.4. The highest BCUT2D eigenvalue weighted by molar-refractivity contribution is 6.16. The van der Waals surface area contributed by atoms with Crippen LogP contribution in [0.3, 0.4) is 0 Å². The fraction of sp³-hybridized carbons (Fsp3) is 0.423. The molecule has 3 aliphatic rings. The minimum atomic E-state index is -0.136. The molecular weight excluding hydrogens is 400 g/mol. The number of hydrogen-bond donors (Lipinski definition) is 2. The molecule has 3 aliphatic carbocycles. The number of carbonyl (C=O) groups is 1. The standard InChI is InChI=1S/C26H30N4O2/c31-26(21-14-13-18-6-1-7-19-8-4-15-28-25(19)24(18)21)30-22-11-3-12-23(29-22)32-17-5-16-27-20-9-2-10-20/h3-4,8,11-12,14-15,20,27H,1-2,5-7,9-10,13,16-17H2,(H,29,30,31). The normalized spacial score (nSPS) is 17.7. The summed E-state index contributed by atoms with van der Waals surface area (Å²) in [6, 6.07) is 10.3. The molecule has 2 N–H and O–H groups in total. The number of hydrogen-bond acceptors (Lipinski definition) is 5. The summed E-state index contributed by atoms with van der Waals surface area (Å²) in [5.74, 6) is 0.904. The number of aromatic nitrogens is 2. The predicted molar refractivity (Wildman–Crippen MR) is 125 cm³/mol. The van der Waals surface area contributed by atoms with Gasteiger partial charge in [0.2, 0.25) is 5.88 Å². The van der Waals surface area contributed by atoms with Gasteiger partial charge in [0.15, 0.2) is 0 Å². The van der Waals surface area contributed by atoms with E-state index in [-0.39, 0.29) is 5.91 Å². The van der Waals surface area contributed by atoms with Crippen LogP contribution < -0.4 is 15.4 Å². The summed E-state index contributed by atoms with van der Waals surface area (Å²) in [4.78, 5) is 22.3. The first-order valence-corrected chi connectivity index (χ1v) is 11.8. The van der Waals surface area contributed by atoms with Gasteiger partial charge in [-0.25, -0.2) is 0 Å². The fourth-order valence-electron chi connectivity index (χ4n) is 4.62. The Balaban J connectivity index is 1.21. The number of ether oxygens (including phenoxy) is 1. The second kappa shape index (κ2) is 9.65. The van der Waals surface area contributed by atoms with Crippen LogP contribution in [0.25, 0.3) is 5.57 Å². The van der Waals surface area contributed by atoms with Crippen molar-refractivity contribution in [2.45, 2.75) is 57.4 Å². The summed E-state index contributed by atoms with van der Waals surface area (Å²) in [5.41, 5.74) is 5.21. The van der Waals surface area contributed by atoms with E-state index < -0.39 is 0 Å². The summed E-state index contributed by atoms with van der Waals surface area (Å²) >= 11 is 0. The number of aryl methyl sites for hydroxylation is 1. The van der Waals surface area contributed by atoms with Crippen LogP contribution in [-0.2, 0) is 11.2 Å². The molecule has 32 heavy (non-hydrogen) atoms. The number of nitrogens with zero attached hydrogens (tertiary/aromatic N) is 2. The lowest BCUT2D eigenvalue weighted by Gasteiger charge is -2.26. The van der Waals surface area contributed by atoms with Crippen molar-refractivity contribution in [2.24, 2.45) is 0 Å². The third-order valence-electron chi connectivity index (χ3n) is 6.55.